The fraction of sp³-hybridized carbons (Fsp3) is 0.571. The van der Waals surface area contributed by atoms with Crippen molar-refractivity contribution >= 4 is 5.91 Å². The Bertz CT molecular complexity index is 823. The van der Waals surface area contributed by atoms with Crippen molar-refractivity contribution in [3.8, 4) is 0 Å². The highest BCUT2D eigenvalue weighted by atomic mass is 19.4. The highest BCUT2D eigenvalue weighted by Gasteiger charge is 2.42. The second kappa shape index (κ2) is 6.85. The molecule has 0 fully saturated rings. The van der Waals surface area contributed by atoms with E-state index in [1.165, 1.54) is 4.57 Å². The highest BCUT2D eigenvalue weighted by molar-refractivity contribution is 5.75. The lowest BCUT2D eigenvalue weighted by Crippen LogP contribution is -2.33. The van der Waals surface area contributed by atoms with Crippen LogP contribution in [-0.2, 0) is 37.0 Å². The van der Waals surface area contributed by atoms with Crippen LogP contribution in [0.3, 0.4) is 0 Å². The topological polar surface area (TPSA) is 77.6 Å². The van der Waals surface area contributed by atoms with E-state index in [1.807, 2.05) is 0 Å². The molecule has 0 aromatic carbocycles. The number of rotatable bonds is 4. The molecule has 0 saturated carbocycles. The molecule has 1 aliphatic rings. The Morgan fingerprint density at radius 3 is 2.59 bits per heavy atom. The minimum absolute atomic E-state index is 0.0752. The van der Waals surface area contributed by atoms with Crippen LogP contribution in [0, 0.1) is 5.92 Å². The molecule has 0 aliphatic carbocycles. The lowest BCUT2D eigenvalue weighted by atomic mass is 9.97. The van der Waals surface area contributed by atoms with Crippen molar-refractivity contribution in [3.05, 3.63) is 29.6 Å². The summed E-state index contributed by atoms with van der Waals surface area (Å²) in [5.74, 6) is -1.61. The highest BCUT2D eigenvalue weighted by Crippen LogP contribution is 2.34. The SMILES string of the molecule is O=C(Cn1ccc(C(F)(F)F)n1)NCc1nnc2n1CCC(C(F)(F)F)C2. The van der Waals surface area contributed by atoms with Gasteiger partial charge in [-0.15, -0.1) is 10.2 Å². The molecule has 3 heterocycles. The second-order valence-corrected chi connectivity index (χ2v) is 6.09. The standard InChI is InChI=1S/C14H14F6N6O/c15-13(16,17)8-1-4-26-10(5-8)22-23-11(26)6-21-12(27)7-25-3-2-9(24-25)14(18,19)20/h2-3,8H,1,4-7H2,(H,21,27). The summed E-state index contributed by atoms with van der Waals surface area (Å²) in [5.41, 5.74) is -1.11. The number of nitrogens with one attached hydrogen (secondary N) is 1. The Balaban J connectivity index is 1.56. The lowest BCUT2D eigenvalue weighted by molar-refractivity contribution is -0.179. The third-order valence-electron chi connectivity index (χ3n) is 4.18. The number of hydrogen-bond donors (Lipinski definition) is 1. The average molecular weight is 396 g/mol. The normalized spacial score (nSPS) is 17.6. The van der Waals surface area contributed by atoms with E-state index < -0.39 is 36.4 Å². The van der Waals surface area contributed by atoms with Crippen LogP contribution >= 0.6 is 0 Å². The van der Waals surface area contributed by atoms with Crippen LogP contribution < -0.4 is 5.32 Å². The van der Waals surface area contributed by atoms with Crippen molar-refractivity contribution in [2.75, 3.05) is 0 Å². The predicted octanol–water partition coefficient (Wildman–Crippen LogP) is 1.93. The third kappa shape index (κ3) is 4.39. The summed E-state index contributed by atoms with van der Waals surface area (Å²) in [6, 6.07) is 0.749. The smallest absolute Gasteiger partial charge is 0.347 e. The largest absolute Gasteiger partial charge is 0.435 e. The van der Waals surface area contributed by atoms with Crippen molar-refractivity contribution in [1.82, 2.24) is 29.9 Å². The fourth-order valence-electron chi connectivity index (χ4n) is 2.78. The number of fused-ring (bicyclic) bond motifs is 1. The lowest BCUT2D eigenvalue weighted by Gasteiger charge is -2.25. The van der Waals surface area contributed by atoms with E-state index in [1.54, 1.807) is 0 Å². The van der Waals surface area contributed by atoms with Gasteiger partial charge >= 0.3 is 12.4 Å². The van der Waals surface area contributed by atoms with E-state index in [-0.39, 0.29) is 37.6 Å². The predicted molar refractivity (Wildman–Crippen MR) is 77.0 cm³/mol. The first-order valence-electron chi connectivity index (χ1n) is 7.89. The number of carbonyl (C=O) groups is 1. The van der Waals surface area contributed by atoms with Crippen molar-refractivity contribution in [2.24, 2.45) is 5.92 Å². The second-order valence-electron chi connectivity index (χ2n) is 6.09. The molecule has 0 spiro atoms. The van der Waals surface area contributed by atoms with Gasteiger partial charge in [0, 0.05) is 19.2 Å². The summed E-state index contributed by atoms with van der Waals surface area (Å²) < 4.78 is 78.1. The van der Waals surface area contributed by atoms with E-state index >= 15 is 0 Å². The van der Waals surface area contributed by atoms with Gasteiger partial charge in [0.2, 0.25) is 5.91 Å². The zero-order valence-corrected chi connectivity index (χ0v) is 13.7. The monoisotopic (exact) mass is 396 g/mol. The van der Waals surface area contributed by atoms with Gasteiger partial charge in [0.1, 0.15) is 12.4 Å². The Hall–Kier alpha value is -2.60. The Morgan fingerprint density at radius 1 is 1.22 bits per heavy atom. The number of carbonyl (C=O) groups excluding carboxylic acids is 1. The number of amides is 1. The Labute approximate surface area is 148 Å². The fourth-order valence-corrected chi connectivity index (χ4v) is 2.78. The van der Waals surface area contributed by atoms with Crippen molar-refractivity contribution in [2.45, 2.75) is 44.8 Å². The molecule has 13 heteroatoms. The van der Waals surface area contributed by atoms with Gasteiger partial charge in [0.25, 0.3) is 0 Å². The molecule has 1 N–H and O–H groups in total. The quantitative estimate of drug-likeness (QED) is 0.802. The maximum Gasteiger partial charge on any atom is 0.435 e. The zero-order chi connectivity index (χ0) is 19.8. The molecule has 2 aromatic heterocycles. The van der Waals surface area contributed by atoms with Gasteiger partial charge in [-0.25, -0.2) is 0 Å². The molecule has 2 aromatic rings. The number of alkyl halides is 6. The van der Waals surface area contributed by atoms with Gasteiger partial charge in [-0.2, -0.15) is 31.4 Å². The van der Waals surface area contributed by atoms with Gasteiger partial charge in [0.05, 0.1) is 12.5 Å². The molecule has 0 radical (unpaired) electrons. The van der Waals surface area contributed by atoms with Crippen molar-refractivity contribution in [3.63, 3.8) is 0 Å². The third-order valence-corrected chi connectivity index (χ3v) is 4.18. The van der Waals surface area contributed by atoms with Crippen LogP contribution in [-0.4, -0.2) is 36.6 Å². The van der Waals surface area contributed by atoms with Crippen molar-refractivity contribution in [1.29, 1.82) is 0 Å². The molecular formula is C14H14F6N6O. The van der Waals surface area contributed by atoms with Gasteiger partial charge < -0.3 is 9.88 Å². The molecular weight excluding hydrogens is 382 g/mol. The van der Waals surface area contributed by atoms with Crippen LogP contribution in [0.25, 0.3) is 0 Å². The molecule has 0 bridgehead atoms. The number of halogens is 6. The molecule has 1 unspecified atom stereocenters. The van der Waals surface area contributed by atoms with Gasteiger partial charge in [0.15, 0.2) is 11.5 Å². The zero-order valence-electron chi connectivity index (χ0n) is 13.7. The van der Waals surface area contributed by atoms with E-state index in [4.69, 9.17) is 0 Å². The minimum atomic E-state index is -4.60. The molecule has 7 nitrogen and oxygen atoms in total. The van der Waals surface area contributed by atoms with Gasteiger partial charge in [-0.1, -0.05) is 0 Å². The summed E-state index contributed by atoms with van der Waals surface area (Å²) >= 11 is 0. The summed E-state index contributed by atoms with van der Waals surface area (Å²) in [6.07, 6.45) is -8.26. The minimum Gasteiger partial charge on any atom is -0.347 e. The summed E-state index contributed by atoms with van der Waals surface area (Å²) in [7, 11) is 0. The van der Waals surface area contributed by atoms with E-state index in [9.17, 15) is 31.1 Å². The number of nitrogens with zero attached hydrogens (tertiary/aromatic N) is 5. The molecule has 148 valence electrons. The molecule has 27 heavy (non-hydrogen) atoms. The summed E-state index contributed by atoms with van der Waals surface area (Å²) in [5, 5.41) is 13.2. The van der Waals surface area contributed by atoms with E-state index in [0.717, 1.165) is 16.9 Å². The first-order valence-corrected chi connectivity index (χ1v) is 7.89. The summed E-state index contributed by atoms with van der Waals surface area (Å²) in [6.45, 7) is -0.463. The Kier molecular flexibility index (Phi) is 4.86. The average Bonchev–Trinajstić information content (AvgIpc) is 3.18. The van der Waals surface area contributed by atoms with Crippen LogP contribution in [0.4, 0.5) is 26.3 Å². The summed E-state index contributed by atoms with van der Waals surface area (Å²) in [4.78, 5) is 11.9. The molecule has 1 amide bonds. The van der Waals surface area contributed by atoms with Crippen LogP contribution in [0.2, 0.25) is 0 Å². The molecule has 1 atom stereocenters. The number of aromatic nitrogens is 5. The number of hydrogen-bond acceptors (Lipinski definition) is 4. The van der Waals surface area contributed by atoms with Crippen LogP contribution in [0.15, 0.2) is 12.3 Å². The first kappa shape index (κ1) is 19.2. The Morgan fingerprint density at radius 2 is 1.96 bits per heavy atom. The van der Waals surface area contributed by atoms with Gasteiger partial charge in [-0.05, 0) is 12.5 Å². The molecule has 3 rings (SSSR count). The molecule has 0 saturated heterocycles. The van der Waals surface area contributed by atoms with Crippen LogP contribution in [0.1, 0.15) is 23.8 Å². The molecule has 1 aliphatic heterocycles. The first-order chi connectivity index (χ1) is 12.5. The van der Waals surface area contributed by atoms with E-state index in [2.05, 4.69) is 20.6 Å². The maximum atomic E-state index is 12.8. The van der Waals surface area contributed by atoms with Crippen LogP contribution in [0.5, 0.6) is 0 Å². The van der Waals surface area contributed by atoms with Crippen molar-refractivity contribution < 1.29 is 31.1 Å². The maximum absolute atomic E-state index is 12.8. The van der Waals surface area contributed by atoms with E-state index in [0.29, 0.717) is 0 Å². The van der Waals surface area contributed by atoms with Gasteiger partial charge in [-0.3, -0.25) is 9.48 Å².